The van der Waals surface area contributed by atoms with Crippen molar-refractivity contribution < 1.29 is 22.7 Å². The number of hydrogen-bond acceptors (Lipinski definition) is 5. The van der Waals surface area contributed by atoms with Crippen molar-refractivity contribution in [3.8, 4) is 0 Å². The molecule has 0 bridgehead atoms. The van der Waals surface area contributed by atoms with E-state index >= 15 is 0 Å². The van der Waals surface area contributed by atoms with Gasteiger partial charge in [0, 0.05) is 11.8 Å². The maximum absolute atomic E-state index is 13.9. The summed E-state index contributed by atoms with van der Waals surface area (Å²) in [5, 5.41) is 0. The number of hydrogen-bond donors (Lipinski definition) is 0. The molecular formula is C31H45ClN2O5S. The van der Waals surface area contributed by atoms with Crippen LogP contribution in [0.3, 0.4) is 0 Å². The molecule has 7 nitrogen and oxygen atoms in total. The fraction of sp³-hybridized carbons (Fsp3) is 0.516. The van der Waals surface area contributed by atoms with Gasteiger partial charge in [-0.2, -0.15) is 16.5 Å². The number of halogens is 1. The van der Waals surface area contributed by atoms with Crippen molar-refractivity contribution in [3.05, 3.63) is 72.1 Å². The minimum absolute atomic E-state index is 0.126. The Morgan fingerprint density at radius 3 is 1.95 bits per heavy atom. The summed E-state index contributed by atoms with van der Waals surface area (Å²) < 4.78 is 40.0. The first-order valence-corrected chi connectivity index (χ1v) is 16.2. The van der Waals surface area contributed by atoms with E-state index < -0.39 is 16.2 Å². The third kappa shape index (κ3) is 11.0. The van der Waals surface area contributed by atoms with Crippen molar-refractivity contribution in [3.63, 3.8) is 0 Å². The summed E-state index contributed by atoms with van der Waals surface area (Å²) in [5.41, 5.74) is 1.58. The lowest BCUT2D eigenvalue weighted by Gasteiger charge is -2.29. The molecule has 2 rings (SSSR count). The Morgan fingerprint density at radius 2 is 1.35 bits per heavy atom. The van der Waals surface area contributed by atoms with Gasteiger partial charge in [-0.25, -0.2) is 4.79 Å². The Hall–Kier alpha value is -2.71. The Bertz CT molecular complexity index is 1140. The quantitative estimate of drug-likeness (QED) is 0.0508. The summed E-state index contributed by atoms with van der Waals surface area (Å²) >= 11 is 6.53. The van der Waals surface area contributed by atoms with Gasteiger partial charge in [0.2, 0.25) is 5.88 Å². The highest BCUT2D eigenvalue weighted by molar-refractivity contribution is 7.95. The Labute approximate surface area is 246 Å². The molecule has 0 fully saturated rings. The average molecular weight is 593 g/mol. The van der Waals surface area contributed by atoms with E-state index in [1.54, 1.807) is 62.4 Å². The van der Waals surface area contributed by atoms with Gasteiger partial charge in [0.05, 0.1) is 30.7 Å². The van der Waals surface area contributed by atoms with Gasteiger partial charge in [0.25, 0.3) is 0 Å². The monoisotopic (exact) mass is 592 g/mol. The maximum atomic E-state index is 13.9. The molecule has 0 atom stereocenters. The zero-order chi connectivity index (χ0) is 29.2. The summed E-state index contributed by atoms with van der Waals surface area (Å²) in [6, 6.07) is 15.6. The molecule has 0 saturated heterocycles. The number of benzene rings is 2. The van der Waals surface area contributed by atoms with E-state index in [0.29, 0.717) is 9.51 Å². The van der Waals surface area contributed by atoms with Crippen LogP contribution in [0.25, 0.3) is 0 Å². The van der Waals surface area contributed by atoms with E-state index in [1.807, 2.05) is 6.07 Å². The molecule has 40 heavy (non-hydrogen) atoms. The van der Waals surface area contributed by atoms with Crippen LogP contribution in [0, 0.1) is 0 Å². The summed E-state index contributed by atoms with van der Waals surface area (Å²) in [6.07, 6.45) is 14.4. The molecule has 0 heterocycles. The first-order chi connectivity index (χ1) is 19.3. The molecule has 0 aliphatic carbocycles. The van der Waals surface area contributed by atoms with Gasteiger partial charge in [-0.1, -0.05) is 95.0 Å². The zero-order valence-electron chi connectivity index (χ0n) is 24.2. The lowest BCUT2D eigenvalue weighted by molar-refractivity contribution is -0.137. The van der Waals surface area contributed by atoms with Gasteiger partial charge in [-0.15, -0.1) is 0 Å². The number of nitrogens with zero attached hydrogens (tertiary/aromatic N) is 2. The largest absolute Gasteiger partial charge is 0.478 e. The molecule has 0 saturated carbocycles. The van der Waals surface area contributed by atoms with Gasteiger partial charge in [-0.3, -0.25) is 0 Å². The summed E-state index contributed by atoms with van der Waals surface area (Å²) in [5.74, 6) is -0.930. The Balaban J connectivity index is 2.14. The fourth-order valence-corrected chi connectivity index (χ4v) is 5.91. The summed E-state index contributed by atoms with van der Waals surface area (Å²) in [7, 11) is -4.42. The molecule has 2 aromatic carbocycles. The van der Waals surface area contributed by atoms with Crippen LogP contribution in [0.1, 0.15) is 90.5 Å². The van der Waals surface area contributed by atoms with Crippen LogP contribution in [-0.4, -0.2) is 27.6 Å². The molecule has 0 amide bonds. The summed E-state index contributed by atoms with van der Waals surface area (Å²) in [6.45, 7) is 5.87. The lowest BCUT2D eigenvalue weighted by atomic mass is 10.0. The van der Waals surface area contributed by atoms with Crippen LogP contribution in [0.5, 0.6) is 0 Å². The topological polar surface area (TPSA) is 76.2 Å². The van der Waals surface area contributed by atoms with Crippen molar-refractivity contribution >= 4 is 39.3 Å². The third-order valence-corrected chi connectivity index (χ3v) is 8.56. The SMILES string of the molecule is CCCCCCCCCCCCc1cccc(N(Cl)S(=O)(=O)N(C(=CC(=O)OCC)OCC)c2ccccc2)c1. The normalized spacial score (nSPS) is 11.8. The number of aryl methyl sites for hydroxylation is 1. The number of unbranched alkanes of at least 4 members (excludes halogenated alkanes) is 9. The molecule has 222 valence electrons. The molecule has 9 heteroatoms. The second-order valence-electron chi connectivity index (χ2n) is 9.59. The van der Waals surface area contributed by atoms with Crippen molar-refractivity contribution in [1.29, 1.82) is 0 Å². The molecule has 0 spiro atoms. The molecule has 0 aromatic heterocycles. The highest BCUT2D eigenvalue weighted by Gasteiger charge is 2.34. The van der Waals surface area contributed by atoms with E-state index in [2.05, 4.69) is 6.92 Å². The highest BCUT2D eigenvalue weighted by atomic mass is 35.5. The Morgan fingerprint density at radius 1 is 0.775 bits per heavy atom. The van der Waals surface area contributed by atoms with Gasteiger partial charge in [-0.05, 0) is 56.5 Å². The number of anilines is 2. The molecule has 0 aliphatic rings. The molecule has 0 unspecified atom stereocenters. The minimum Gasteiger partial charge on any atom is -0.478 e. The smallest absolute Gasteiger partial charge is 0.347 e. The zero-order valence-corrected chi connectivity index (χ0v) is 25.8. The predicted octanol–water partition coefficient (Wildman–Crippen LogP) is 8.30. The van der Waals surface area contributed by atoms with Crippen LogP contribution >= 0.6 is 11.8 Å². The van der Waals surface area contributed by atoms with Crippen LogP contribution in [-0.2, 0) is 30.9 Å². The number of carbonyl (C=O) groups is 1. The lowest BCUT2D eigenvalue weighted by Crippen LogP contribution is -2.40. The van der Waals surface area contributed by atoms with Crippen LogP contribution in [0.2, 0.25) is 0 Å². The van der Waals surface area contributed by atoms with Crippen molar-refractivity contribution in [2.75, 3.05) is 21.3 Å². The van der Waals surface area contributed by atoms with Crippen molar-refractivity contribution in [1.82, 2.24) is 0 Å². The Kier molecular flexibility index (Phi) is 15.6. The molecular weight excluding hydrogens is 548 g/mol. The van der Waals surface area contributed by atoms with E-state index in [9.17, 15) is 13.2 Å². The van der Waals surface area contributed by atoms with Gasteiger partial charge in [0.15, 0.2) is 0 Å². The van der Waals surface area contributed by atoms with Gasteiger partial charge >= 0.3 is 16.2 Å². The van der Waals surface area contributed by atoms with Crippen LogP contribution < -0.4 is 8.13 Å². The van der Waals surface area contributed by atoms with Crippen LogP contribution in [0.15, 0.2) is 66.6 Å². The fourth-order valence-electron chi connectivity index (χ4n) is 4.37. The molecule has 0 N–H and O–H groups in total. The number of esters is 1. The molecule has 0 aliphatic heterocycles. The highest BCUT2D eigenvalue weighted by Crippen LogP contribution is 2.31. The van der Waals surface area contributed by atoms with E-state index in [1.165, 1.54) is 51.4 Å². The number of carbonyl (C=O) groups excluding carboxylic acids is 1. The van der Waals surface area contributed by atoms with E-state index in [-0.39, 0.29) is 24.8 Å². The molecule has 2 aromatic rings. The number of para-hydroxylation sites is 1. The second kappa shape index (κ2) is 18.6. The van der Waals surface area contributed by atoms with Gasteiger partial charge in [0.1, 0.15) is 0 Å². The first kappa shape index (κ1) is 33.5. The summed E-state index contributed by atoms with van der Waals surface area (Å²) in [4.78, 5) is 12.3. The standard InChI is InChI=1S/C31H45ClN2O5S/c1-4-7-8-9-10-11-12-13-14-16-20-27-21-19-24-29(25-27)34(32)40(36,37)33(28-22-17-15-18-23-28)30(38-5-2)26-31(35)39-6-3/h15,17-19,21-26H,4-14,16,20H2,1-3H3. The molecule has 0 radical (unpaired) electrons. The third-order valence-electron chi connectivity index (χ3n) is 6.38. The number of rotatable bonds is 20. The van der Waals surface area contributed by atoms with Gasteiger partial charge < -0.3 is 9.47 Å². The van der Waals surface area contributed by atoms with Crippen molar-refractivity contribution in [2.24, 2.45) is 0 Å². The van der Waals surface area contributed by atoms with Crippen molar-refractivity contribution in [2.45, 2.75) is 91.4 Å². The van der Waals surface area contributed by atoms with Crippen LogP contribution in [0.4, 0.5) is 11.4 Å². The minimum atomic E-state index is -4.42. The second-order valence-corrected chi connectivity index (χ2v) is 11.8. The number of ether oxygens (including phenoxy) is 2. The first-order valence-electron chi connectivity index (χ1n) is 14.5. The maximum Gasteiger partial charge on any atom is 0.347 e. The van der Waals surface area contributed by atoms with E-state index in [4.69, 9.17) is 21.3 Å². The van der Waals surface area contributed by atoms with E-state index in [0.717, 1.165) is 35.2 Å². The predicted molar refractivity (Wildman–Crippen MR) is 165 cm³/mol. The average Bonchev–Trinajstić information content (AvgIpc) is 2.94.